The Bertz CT molecular complexity index is 176. The summed E-state index contributed by atoms with van der Waals surface area (Å²) < 4.78 is 11.4. The van der Waals surface area contributed by atoms with Crippen LogP contribution in [0, 0.1) is 5.92 Å². The summed E-state index contributed by atoms with van der Waals surface area (Å²) in [6.07, 6.45) is 13.3. The van der Waals surface area contributed by atoms with Crippen molar-refractivity contribution in [2.75, 3.05) is 13.2 Å². The van der Waals surface area contributed by atoms with E-state index in [0.29, 0.717) is 5.92 Å². The molecule has 0 N–H and O–H groups in total. The molecule has 0 aromatic heterocycles. The predicted octanol–water partition coefficient (Wildman–Crippen LogP) is 4.92. The van der Waals surface area contributed by atoms with E-state index in [1.807, 2.05) is 0 Å². The molecule has 0 aromatic carbocycles. The van der Waals surface area contributed by atoms with Gasteiger partial charge in [-0.1, -0.05) is 52.4 Å². The minimum absolute atomic E-state index is 0.0887. The molecular formula is C16H32O2. The summed E-state index contributed by atoms with van der Waals surface area (Å²) in [7, 11) is 0. The van der Waals surface area contributed by atoms with Gasteiger partial charge in [0.25, 0.3) is 0 Å². The average Bonchev–Trinajstić information content (AvgIpc) is 2.41. The van der Waals surface area contributed by atoms with Gasteiger partial charge in [0.15, 0.2) is 6.29 Å². The first-order valence-corrected chi connectivity index (χ1v) is 8.06. The highest BCUT2D eigenvalue weighted by Crippen LogP contribution is 2.17. The first-order valence-electron chi connectivity index (χ1n) is 8.06. The Hall–Kier alpha value is -0.0800. The molecule has 0 radical (unpaired) electrons. The van der Waals surface area contributed by atoms with E-state index in [0.717, 1.165) is 19.6 Å². The van der Waals surface area contributed by atoms with Crippen molar-refractivity contribution in [2.45, 2.75) is 84.3 Å². The first-order chi connectivity index (χ1) is 8.83. The van der Waals surface area contributed by atoms with Crippen LogP contribution in [-0.4, -0.2) is 19.5 Å². The lowest BCUT2D eigenvalue weighted by Crippen LogP contribution is -2.24. The second-order valence-electron chi connectivity index (χ2n) is 5.79. The molecule has 1 heterocycles. The summed E-state index contributed by atoms with van der Waals surface area (Å²) in [4.78, 5) is 0. The summed E-state index contributed by atoms with van der Waals surface area (Å²) in [6, 6.07) is 0. The van der Waals surface area contributed by atoms with Crippen LogP contribution in [0.1, 0.15) is 78.1 Å². The maximum absolute atomic E-state index is 5.82. The lowest BCUT2D eigenvalue weighted by atomic mass is 10.0. The molecule has 2 heteroatoms. The van der Waals surface area contributed by atoms with E-state index in [4.69, 9.17) is 9.47 Å². The highest BCUT2D eigenvalue weighted by molar-refractivity contribution is 4.57. The molecule has 0 saturated carbocycles. The molecule has 1 fully saturated rings. The minimum Gasteiger partial charge on any atom is -0.353 e. The molecule has 1 rings (SSSR count). The van der Waals surface area contributed by atoms with Crippen molar-refractivity contribution in [1.82, 2.24) is 0 Å². The van der Waals surface area contributed by atoms with E-state index in [1.165, 1.54) is 57.8 Å². The van der Waals surface area contributed by atoms with Gasteiger partial charge in [-0.05, 0) is 31.6 Å². The van der Waals surface area contributed by atoms with E-state index < -0.39 is 0 Å². The van der Waals surface area contributed by atoms with Gasteiger partial charge in [0.1, 0.15) is 0 Å². The molecule has 0 amide bonds. The fraction of sp³-hybridized carbons (Fsp3) is 1.00. The third-order valence-corrected chi connectivity index (χ3v) is 3.76. The van der Waals surface area contributed by atoms with Crippen LogP contribution in [0.2, 0.25) is 0 Å². The van der Waals surface area contributed by atoms with Crippen LogP contribution in [0.3, 0.4) is 0 Å². The standard InChI is InChI=1S/C16H32O2/c1-3-4-5-6-7-8-11-15(2)14-18-16-12-9-10-13-17-16/h15-16H,3-14H2,1-2H3/t15-,16?/m1/s1. The number of unbranched alkanes of at least 4 members (excludes halogenated alkanes) is 5. The van der Waals surface area contributed by atoms with Crippen molar-refractivity contribution in [1.29, 1.82) is 0 Å². The van der Waals surface area contributed by atoms with Crippen LogP contribution in [0.5, 0.6) is 0 Å². The third-order valence-electron chi connectivity index (χ3n) is 3.76. The first kappa shape index (κ1) is 16.0. The van der Waals surface area contributed by atoms with Gasteiger partial charge >= 0.3 is 0 Å². The van der Waals surface area contributed by atoms with Gasteiger partial charge in [-0.3, -0.25) is 0 Å². The Morgan fingerprint density at radius 3 is 2.61 bits per heavy atom. The van der Waals surface area contributed by atoms with E-state index >= 15 is 0 Å². The van der Waals surface area contributed by atoms with E-state index in [-0.39, 0.29) is 6.29 Å². The van der Waals surface area contributed by atoms with Gasteiger partial charge in [0.05, 0.1) is 6.61 Å². The summed E-state index contributed by atoms with van der Waals surface area (Å²) in [5, 5.41) is 0. The van der Waals surface area contributed by atoms with Crippen LogP contribution in [0.15, 0.2) is 0 Å². The Kier molecular flexibility index (Phi) is 9.59. The SMILES string of the molecule is CCCCCCCC[C@@H](C)COC1CCCCO1. The van der Waals surface area contributed by atoms with Gasteiger partial charge in [-0.15, -0.1) is 0 Å². The van der Waals surface area contributed by atoms with Crippen molar-refractivity contribution >= 4 is 0 Å². The molecule has 1 aliphatic rings. The Morgan fingerprint density at radius 1 is 1.11 bits per heavy atom. The van der Waals surface area contributed by atoms with E-state index in [1.54, 1.807) is 0 Å². The highest BCUT2D eigenvalue weighted by Gasteiger charge is 2.15. The molecule has 0 spiro atoms. The second kappa shape index (κ2) is 10.8. The number of hydrogen-bond acceptors (Lipinski definition) is 2. The lowest BCUT2D eigenvalue weighted by Gasteiger charge is -2.24. The summed E-state index contributed by atoms with van der Waals surface area (Å²) in [5.74, 6) is 0.682. The van der Waals surface area contributed by atoms with Gasteiger partial charge < -0.3 is 9.47 Å². The van der Waals surface area contributed by atoms with Crippen molar-refractivity contribution in [2.24, 2.45) is 5.92 Å². The smallest absolute Gasteiger partial charge is 0.157 e. The Labute approximate surface area is 113 Å². The number of ether oxygens (including phenoxy) is 2. The highest BCUT2D eigenvalue weighted by atomic mass is 16.7. The van der Waals surface area contributed by atoms with Crippen molar-refractivity contribution in [3.8, 4) is 0 Å². The lowest BCUT2D eigenvalue weighted by molar-refractivity contribution is -0.168. The van der Waals surface area contributed by atoms with Gasteiger partial charge in [-0.25, -0.2) is 0 Å². The molecule has 2 nitrogen and oxygen atoms in total. The monoisotopic (exact) mass is 256 g/mol. The van der Waals surface area contributed by atoms with Crippen LogP contribution >= 0.6 is 0 Å². The fourth-order valence-electron chi connectivity index (χ4n) is 2.47. The van der Waals surface area contributed by atoms with Gasteiger partial charge in [0, 0.05) is 6.61 Å². The van der Waals surface area contributed by atoms with Gasteiger partial charge in [0.2, 0.25) is 0 Å². The summed E-state index contributed by atoms with van der Waals surface area (Å²) in [5.41, 5.74) is 0. The summed E-state index contributed by atoms with van der Waals surface area (Å²) >= 11 is 0. The molecule has 0 bridgehead atoms. The van der Waals surface area contributed by atoms with Crippen LogP contribution < -0.4 is 0 Å². The van der Waals surface area contributed by atoms with Crippen molar-refractivity contribution < 1.29 is 9.47 Å². The van der Waals surface area contributed by atoms with Crippen LogP contribution in [0.4, 0.5) is 0 Å². The summed E-state index contributed by atoms with van der Waals surface area (Å²) in [6.45, 7) is 6.33. The Balaban J connectivity index is 1.88. The third kappa shape index (κ3) is 8.10. The zero-order chi connectivity index (χ0) is 13.1. The second-order valence-corrected chi connectivity index (χ2v) is 5.79. The number of hydrogen-bond donors (Lipinski definition) is 0. The molecule has 1 saturated heterocycles. The Morgan fingerprint density at radius 2 is 1.89 bits per heavy atom. The maximum Gasteiger partial charge on any atom is 0.157 e. The molecular weight excluding hydrogens is 224 g/mol. The normalized spacial score (nSPS) is 22.0. The molecule has 1 unspecified atom stereocenters. The quantitative estimate of drug-likeness (QED) is 0.517. The molecule has 18 heavy (non-hydrogen) atoms. The molecule has 1 aliphatic heterocycles. The average molecular weight is 256 g/mol. The van der Waals surface area contributed by atoms with E-state index in [2.05, 4.69) is 13.8 Å². The zero-order valence-corrected chi connectivity index (χ0v) is 12.5. The fourth-order valence-corrected chi connectivity index (χ4v) is 2.47. The topological polar surface area (TPSA) is 18.5 Å². The van der Waals surface area contributed by atoms with Crippen molar-refractivity contribution in [3.63, 3.8) is 0 Å². The largest absolute Gasteiger partial charge is 0.353 e. The van der Waals surface area contributed by atoms with Crippen LogP contribution in [0.25, 0.3) is 0 Å². The van der Waals surface area contributed by atoms with E-state index in [9.17, 15) is 0 Å². The molecule has 108 valence electrons. The van der Waals surface area contributed by atoms with Crippen LogP contribution in [-0.2, 0) is 9.47 Å². The number of rotatable bonds is 10. The van der Waals surface area contributed by atoms with Crippen molar-refractivity contribution in [3.05, 3.63) is 0 Å². The maximum atomic E-state index is 5.82. The molecule has 2 atom stereocenters. The van der Waals surface area contributed by atoms with Gasteiger partial charge in [-0.2, -0.15) is 0 Å². The predicted molar refractivity (Wildman–Crippen MR) is 76.7 cm³/mol. The molecule has 0 aliphatic carbocycles. The molecule has 0 aromatic rings. The minimum atomic E-state index is 0.0887. The zero-order valence-electron chi connectivity index (χ0n) is 12.5.